The average molecular weight is 280 g/mol. The second-order valence-electron chi connectivity index (χ2n) is 4.11. The number of benzene rings is 1. The van der Waals surface area contributed by atoms with E-state index in [1.807, 2.05) is 19.1 Å². The Morgan fingerprint density at radius 2 is 2.11 bits per heavy atom. The normalized spacial score (nSPS) is 9.95. The van der Waals surface area contributed by atoms with Crippen molar-refractivity contribution in [2.45, 2.75) is 26.2 Å². The van der Waals surface area contributed by atoms with E-state index in [9.17, 15) is 4.79 Å². The molecule has 0 aliphatic rings. The van der Waals surface area contributed by atoms with Crippen LogP contribution in [-0.2, 0) is 0 Å². The van der Waals surface area contributed by atoms with Gasteiger partial charge in [0.25, 0.3) is 5.91 Å². The molecule has 1 rings (SSSR count). The van der Waals surface area contributed by atoms with Gasteiger partial charge in [-0.2, -0.15) is 0 Å². The lowest BCUT2D eigenvalue weighted by atomic mass is 10.2. The van der Waals surface area contributed by atoms with Gasteiger partial charge in [-0.05, 0) is 38.3 Å². The monoisotopic (exact) mass is 280 g/mol. The van der Waals surface area contributed by atoms with Crippen LogP contribution in [0.25, 0.3) is 0 Å². The lowest BCUT2D eigenvalue weighted by Crippen LogP contribution is -2.25. The summed E-state index contributed by atoms with van der Waals surface area (Å²) in [7, 11) is 0. The van der Waals surface area contributed by atoms with Gasteiger partial charge < -0.3 is 15.8 Å². The second kappa shape index (κ2) is 8.48. The first kappa shape index (κ1) is 15.4. The summed E-state index contributed by atoms with van der Waals surface area (Å²) in [6, 6.07) is 7.23. The summed E-state index contributed by atoms with van der Waals surface area (Å²) in [5.41, 5.74) is 5.97. The number of carbonyl (C=O) groups excluding carboxylic acids is 1. The van der Waals surface area contributed by atoms with Crippen LogP contribution in [0, 0.1) is 0 Å². The fourth-order valence-corrected chi connectivity index (χ4v) is 1.80. The van der Waals surface area contributed by atoms with Gasteiger partial charge in [-0.3, -0.25) is 4.79 Å². The van der Waals surface area contributed by atoms with Crippen molar-refractivity contribution in [3.05, 3.63) is 29.8 Å². The predicted octanol–water partition coefficient (Wildman–Crippen LogP) is 2.27. The van der Waals surface area contributed by atoms with Crippen LogP contribution in [-0.4, -0.2) is 24.0 Å². The molecular weight excluding hydrogens is 260 g/mol. The second-order valence-corrected chi connectivity index (χ2v) is 4.63. The number of para-hydroxylation sites is 1. The van der Waals surface area contributed by atoms with E-state index >= 15 is 0 Å². The van der Waals surface area contributed by atoms with Crippen molar-refractivity contribution in [1.29, 1.82) is 0 Å². The molecule has 104 valence electrons. The maximum Gasteiger partial charge on any atom is 0.255 e. The van der Waals surface area contributed by atoms with E-state index < -0.39 is 0 Å². The fraction of sp³-hybridized carbons (Fsp3) is 0.429. The Morgan fingerprint density at radius 1 is 1.37 bits per heavy atom. The summed E-state index contributed by atoms with van der Waals surface area (Å²) < 4.78 is 5.42. The largest absolute Gasteiger partial charge is 0.493 e. The van der Waals surface area contributed by atoms with Crippen LogP contribution in [0.2, 0.25) is 0 Å². The highest BCUT2D eigenvalue weighted by Gasteiger charge is 2.10. The molecule has 0 aromatic heterocycles. The van der Waals surface area contributed by atoms with Gasteiger partial charge in [-0.1, -0.05) is 24.4 Å². The molecule has 1 amide bonds. The van der Waals surface area contributed by atoms with E-state index in [2.05, 4.69) is 5.32 Å². The van der Waals surface area contributed by atoms with Crippen molar-refractivity contribution >= 4 is 23.1 Å². The minimum atomic E-state index is -0.112. The number of hydrogen-bond donors (Lipinski definition) is 2. The summed E-state index contributed by atoms with van der Waals surface area (Å²) in [5, 5.41) is 2.87. The third-order valence-corrected chi connectivity index (χ3v) is 2.77. The number of carbonyl (C=O) groups is 1. The van der Waals surface area contributed by atoms with Crippen LogP contribution < -0.4 is 15.8 Å². The Balaban J connectivity index is 2.43. The molecule has 0 saturated carbocycles. The number of thiocarbonyl (C=S) groups is 1. The van der Waals surface area contributed by atoms with Crippen molar-refractivity contribution in [2.24, 2.45) is 5.73 Å². The van der Waals surface area contributed by atoms with Crippen LogP contribution in [0.5, 0.6) is 5.75 Å². The number of amides is 1. The van der Waals surface area contributed by atoms with E-state index in [0.29, 0.717) is 29.5 Å². The number of unbranched alkanes of at least 4 members (excludes halogenated alkanes) is 1. The molecule has 5 heteroatoms. The van der Waals surface area contributed by atoms with Gasteiger partial charge in [0.1, 0.15) is 5.75 Å². The molecule has 0 fully saturated rings. The molecule has 3 N–H and O–H groups in total. The van der Waals surface area contributed by atoms with Crippen LogP contribution in [0.15, 0.2) is 24.3 Å². The lowest BCUT2D eigenvalue weighted by Gasteiger charge is -2.10. The van der Waals surface area contributed by atoms with Crippen LogP contribution in [0.3, 0.4) is 0 Å². The predicted molar refractivity (Wildman–Crippen MR) is 80.6 cm³/mol. The van der Waals surface area contributed by atoms with E-state index in [0.717, 1.165) is 19.3 Å². The molecule has 0 unspecified atom stereocenters. The molecular formula is C14H20N2O2S. The Hall–Kier alpha value is -1.62. The summed E-state index contributed by atoms with van der Waals surface area (Å²) in [6.45, 7) is 3.05. The van der Waals surface area contributed by atoms with E-state index in [4.69, 9.17) is 22.7 Å². The minimum Gasteiger partial charge on any atom is -0.493 e. The summed E-state index contributed by atoms with van der Waals surface area (Å²) in [6.07, 6.45) is 2.48. The van der Waals surface area contributed by atoms with Gasteiger partial charge in [0.05, 0.1) is 17.2 Å². The van der Waals surface area contributed by atoms with Crippen molar-refractivity contribution < 1.29 is 9.53 Å². The standard InChI is InChI=1S/C14H20N2O2S/c1-2-18-12-8-4-3-7-11(12)14(17)16-10-6-5-9-13(15)19/h3-4,7-8H,2,5-6,9-10H2,1H3,(H2,15,19)(H,16,17). The lowest BCUT2D eigenvalue weighted by molar-refractivity contribution is 0.0949. The van der Waals surface area contributed by atoms with Crippen molar-refractivity contribution in [3.8, 4) is 5.75 Å². The Labute approximate surface area is 119 Å². The van der Waals surface area contributed by atoms with Crippen LogP contribution >= 0.6 is 12.2 Å². The molecule has 0 spiro atoms. The van der Waals surface area contributed by atoms with Gasteiger partial charge in [0, 0.05) is 6.54 Å². The highest BCUT2D eigenvalue weighted by atomic mass is 32.1. The highest BCUT2D eigenvalue weighted by Crippen LogP contribution is 2.17. The van der Waals surface area contributed by atoms with Gasteiger partial charge >= 0.3 is 0 Å². The molecule has 0 aliphatic heterocycles. The highest BCUT2D eigenvalue weighted by molar-refractivity contribution is 7.80. The molecule has 0 radical (unpaired) electrons. The van der Waals surface area contributed by atoms with Gasteiger partial charge in [-0.25, -0.2) is 0 Å². The first-order valence-electron chi connectivity index (χ1n) is 6.43. The third-order valence-electron chi connectivity index (χ3n) is 2.57. The molecule has 0 heterocycles. The first-order chi connectivity index (χ1) is 9.15. The smallest absolute Gasteiger partial charge is 0.255 e. The zero-order valence-electron chi connectivity index (χ0n) is 11.1. The van der Waals surface area contributed by atoms with E-state index in [1.54, 1.807) is 12.1 Å². The van der Waals surface area contributed by atoms with Crippen LogP contribution in [0.1, 0.15) is 36.5 Å². The molecule has 1 aromatic carbocycles. The van der Waals surface area contributed by atoms with Crippen molar-refractivity contribution in [2.75, 3.05) is 13.2 Å². The zero-order chi connectivity index (χ0) is 14.1. The maximum atomic E-state index is 12.0. The molecule has 0 bridgehead atoms. The fourth-order valence-electron chi connectivity index (χ4n) is 1.66. The van der Waals surface area contributed by atoms with Gasteiger partial charge in [-0.15, -0.1) is 0 Å². The number of ether oxygens (including phenoxy) is 1. The zero-order valence-corrected chi connectivity index (χ0v) is 12.0. The Bertz CT molecular complexity index is 435. The molecule has 4 nitrogen and oxygen atoms in total. The van der Waals surface area contributed by atoms with Crippen molar-refractivity contribution in [1.82, 2.24) is 5.32 Å². The number of nitrogens with one attached hydrogen (secondary N) is 1. The molecule has 0 saturated heterocycles. The summed E-state index contributed by atoms with van der Waals surface area (Å²) in [5.74, 6) is 0.505. The number of nitrogens with two attached hydrogens (primary N) is 1. The molecule has 1 aromatic rings. The van der Waals surface area contributed by atoms with E-state index in [-0.39, 0.29) is 5.91 Å². The third kappa shape index (κ3) is 5.70. The quantitative estimate of drug-likeness (QED) is 0.566. The number of hydrogen-bond acceptors (Lipinski definition) is 3. The molecule has 0 aliphatic carbocycles. The molecule has 19 heavy (non-hydrogen) atoms. The summed E-state index contributed by atoms with van der Waals surface area (Å²) >= 11 is 4.79. The maximum absolute atomic E-state index is 12.0. The van der Waals surface area contributed by atoms with E-state index in [1.165, 1.54) is 0 Å². The van der Waals surface area contributed by atoms with Gasteiger partial charge in [0.15, 0.2) is 0 Å². The topological polar surface area (TPSA) is 64.3 Å². The SMILES string of the molecule is CCOc1ccccc1C(=O)NCCCCC(N)=S. The van der Waals surface area contributed by atoms with Crippen molar-refractivity contribution in [3.63, 3.8) is 0 Å². The van der Waals surface area contributed by atoms with Crippen LogP contribution in [0.4, 0.5) is 0 Å². The van der Waals surface area contributed by atoms with Gasteiger partial charge in [0.2, 0.25) is 0 Å². The average Bonchev–Trinajstić information content (AvgIpc) is 2.39. The summed E-state index contributed by atoms with van der Waals surface area (Å²) in [4.78, 5) is 12.5. The molecule has 0 atom stereocenters. The Morgan fingerprint density at radius 3 is 2.79 bits per heavy atom. The minimum absolute atomic E-state index is 0.112. The number of rotatable bonds is 8. The first-order valence-corrected chi connectivity index (χ1v) is 6.84. The Kier molecular flexibility index (Phi) is 6.89.